The van der Waals surface area contributed by atoms with Gasteiger partial charge in [-0.1, -0.05) is 20.8 Å². The Morgan fingerprint density at radius 1 is 1.56 bits per heavy atom. The van der Waals surface area contributed by atoms with Crippen LogP contribution < -0.4 is 17.0 Å². The number of hydrogen-bond donors (Lipinski definition) is 2. The van der Waals surface area contributed by atoms with Gasteiger partial charge in [0, 0.05) is 12.3 Å². The lowest BCUT2D eigenvalue weighted by Crippen LogP contribution is -2.39. The zero-order valence-electron chi connectivity index (χ0n) is 9.77. The first kappa shape index (κ1) is 12.5. The Hall–Kier alpha value is -1.53. The van der Waals surface area contributed by atoms with E-state index in [2.05, 4.69) is 10.5 Å². The number of halogens is 1. The monoisotopic (exact) mass is 231 g/mol. The van der Waals surface area contributed by atoms with Crippen LogP contribution in [-0.2, 0) is 6.42 Å². The quantitative estimate of drug-likeness (QED) is 0.561. The fourth-order valence-electron chi connectivity index (χ4n) is 1.16. The van der Waals surface area contributed by atoms with Crippen LogP contribution in [0.25, 0.3) is 0 Å². The smallest absolute Gasteiger partial charge is 0.333 e. The number of rotatable bonds is 5. The number of nitrogens with one attached hydrogen (secondary N) is 1. The molecule has 0 radical (unpaired) electrons. The van der Waals surface area contributed by atoms with Gasteiger partial charge in [-0.3, -0.25) is 5.43 Å². The fourth-order valence-corrected chi connectivity index (χ4v) is 1.16. The van der Waals surface area contributed by atoms with Gasteiger partial charge in [0.1, 0.15) is 0 Å². The molecule has 0 saturated heterocycles. The fraction of sp³-hybridized carbons (Fsp3) is 0.778. The van der Waals surface area contributed by atoms with E-state index in [1.807, 2.05) is 6.92 Å². The molecule has 0 aliphatic heterocycles. The molecule has 1 aromatic rings. The van der Waals surface area contributed by atoms with E-state index in [4.69, 9.17) is 5.84 Å². The van der Waals surface area contributed by atoms with Gasteiger partial charge in [0.15, 0.2) is 12.1 Å². The van der Waals surface area contributed by atoms with Gasteiger partial charge >= 0.3 is 5.69 Å². The van der Waals surface area contributed by atoms with E-state index in [1.165, 1.54) is 0 Å². The van der Waals surface area contributed by atoms with Gasteiger partial charge in [-0.05, 0) is 6.42 Å². The molecule has 0 aliphatic carbocycles. The van der Waals surface area contributed by atoms with Crippen molar-refractivity contribution >= 4 is 0 Å². The third-order valence-electron chi connectivity index (χ3n) is 2.19. The standard InChI is InChI=1S/C9H18FN5O/c1-4-5-7-12-15(9(16)14(7)11)13-8(10)6(2)3/h6,8,13H,4-5,11H2,1-3H3. The number of aryl methyl sites for hydroxylation is 1. The number of nitrogen functional groups attached to an aromatic ring is 1. The zero-order valence-corrected chi connectivity index (χ0v) is 9.77. The third-order valence-corrected chi connectivity index (χ3v) is 2.19. The highest BCUT2D eigenvalue weighted by Crippen LogP contribution is 2.03. The van der Waals surface area contributed by atoms with E-state index in [1.54, 1.807) is 13.8 Å². The topological polar surface area (TPSA) is 77.9 Å². The summed E-state index contributed by atoms with van der Waals surface area (Å²) in [7, 11) is 0. The molecule has 0 aromatic carbocycles. The summed E-state index contributed by atoms with van der Waals surface area (Å²) in [6, 6.07) is 0. The summed E-state index contributed by atoms with van der Waals surface area (Å²) in [6.45, 7) is 5.35. The van der Waals surface area contributed by atoms with Gasteiger partial charge in [0.2, 0.25) is 0 Å². The lowest BCUT2D eigenvalue weighted by Gasteiger charge is -2.13. The first-order valence-corrected chi connectivity index (χ1v) is 5.34. The van der Waals surface area contributed by atoms with Gasteiger partial charge in [0.25, 0.3) is 0 Å². The second-order valence-corrected chi connectivity index (χ2v) is 4.01. The molecule has 0 amide bonds. The molecule has 1 atom stereocenters. The van der Waals surface area contributed by atoms with Crippen molar-refractivity contribution in [3.8, 4) is 0 Å². The molecule has 1 aromatic heterocycles. The summed E-state index contributed by atoms with van der Waals surface area (Å²) in [5.74, 6) is 5.69. The molecule has 1 unspecified atom stereocenters. The predicted octanol–water partition coefficient (Wildman–Crippen LogP) is 0.206. The summed E-state index contributed by atoms with van der Waals surface area (Å²) in [5.41, 5.74) is 1.79. The molecule has 0 saturated carbocycles. The van der Waals surface area contributed by atoms with Gasteiger partial charge in [-0.15, -0.1) is 9.89 Å². The minimum Gasteiger partial charge on any atom is -0.333 e. The molecule has 0 spiro atoms. The van der Waals surface area contributed by atoms with Crippen LogP contribution in [0.1, 0.15) is 33.0 Å². The van der Waals surface area contributed by atoms with Gasteiger partial charge < -0.3 is 5.84 Å². The van der Waals surface area contributed by atoms with Gasteiger partial charge in [0.05, 0.1) is 0 Å². The van der Waals surface area contributed by atoms with E-state index in [-0.39, 0.29) is 5.92 Å². The molecule has 3 N–H and O–H groups in total. The minimum atomic E-state index is -1.33. The number of nitrogens with two attached hydrogens (primary N) is 1. The van der Waals surface area contributed by atoms with E-state index >= 15 is 0 Å². The van der Waals surface area contributed by atoms with Crippen molar-refractivity contribution in [3.63, 3.8) is 0 Å². The highest BCUT2D eigenvalue weighted by atomic mass is 19.1. The molecule has 0 fully saturated rings. The van der Waals surface area contributed by atoms with E-state index in [0.29, 0.717) is 12.2 Å². The second kappa shape index (κ2) is 5.00. The molecular formula is C9H18FN5O. The van der Waals surface area contributed by atoms with Crippen LogP contribution in [0.4, 0.5) is 4.39 Å². The van der Waals surface area contributed by atoms with Crippen molar-refractivity contribution in [1.29, 1.82) is 0 Å². The summed E-state index contributed by atoms with van der Waals surface area (Å²) in [5, 5.41) is 3.91. The van der Waals surface area contributed by atoms with Crippen LogP contribution in [0.3, 0.4) is 0 Å². The number of nitrogens with zero attached hydrogens (tertiary/aromatic N) is 3. The summed E-state index contributed by atoms with van der Waals surface area (Å²) in [4.78, 5) is 12.4. The highest BCUT2D eigenvalue weighted by molar-refractivity contribution is 4.90. The number of alkyl halides is 1. The number of hydrogen-bond acceptors (Lipinski definition) is 4. The maximum Gasteiger partial charge on any atom is 0.384 e. The summed E-state index contributed by atoms with van der Waals surface area (Å²) >= 11 is 0. The normalized spacial score (nSPS) is 13.1. The Morgan fingerprint density at radius 3 is 2.69 bits per heavy atom. The van der Waals surface area contributed by atoms with Crippen LogP contribution in [0, 0.1) is 5.92 Å². The largest absolute Gasteiger partial charge is 0.384 e. The molecule has 1 heterocycles. The van der Waals surface area contributed by atoms with Crippen molar-refractivity contribution in [1.82, 2.24) is 14.6 Å². The summed E-state index contributed by atoms with van der Waals surface area (Å²) < 4.78 is 14.3. The molecular weight excluding hydrogens is 213 g/mol. The number of aromatic nitrogens is 3. The van der Waals surface area contributed by atoms with Crippen LogP contribution in [0.15, 0.2) is 4.79 Å². The van der Waals surface area contributed by atoms with Crippen LogP contribution in [0.2, 0.25) is 0 Å². The second-order valence-electron chi connectivity index (χ2n) is 4.01. The van der Waals surface area contributed by atoms with Gasteiger partial charge in [-0.25, -0.2) is 9.18 Å². The molecule has 16 heavy (non-hydrogen) atoms. The van der Waals surface area contributed by atoms with Crippen molar-refractivity contribution in [3.05, 3.63) is 16.3 Å². The Balaban J connectivity index is 2.89. The average Bonchev–Trinajstić information content (AvgIpc) is 2.47. The Morgan fingerprint density at radius 2 is 2.19 bits per heavy atom. The average molecular weight is 231 g/mol. The van der Waals surface area contributed by atoms with Crippen molar-refractivity contribution in [2.75, 3.05) is 11.3 Å². The van der Waals surface area contributed by atoms with Crippen molar-refractivity contribution in [2.24, 2.45) is 5.92 Å². The van der Waals surface area contributed by atoms with Gasteiger partial charge in [-0.2, -0.15) is 4.68 Å². The molecule has 0 bridgehead atoms. The lowest BCUT2D eigenvalue weighted by molar-refractivity contribution is 0.261. The predicted molar refractivity (Wildman–Crippen MR) is 59.7 cm³/mol. The van der Waals surface area contributed by atoms with E-state index in [0.717, 1.165) is 15.9 Å². The first-order chi connectivity index (χ1) is 7.47. The highest BCUT2D eigenvalue weighted by Gasteiger charge is 2.15. The Bertz CT molecular complexity index is 397. The zero-order chi connectivity index (χ0) is 12.3. The maximum atomic E-state index is 13.4. The lowest BCUT2D eigenvalue weighted by atomic mass is 10.2. The van der Waals surface area contributed by atoms with E-state index < -0.39 is 12.0 Å². The van der Waals surface area contributed by atoms with Crippen LogP contribution in [0.5, 0.6) is 0 Å². The molecule has 6 nitrogen and oxygen atoms in total. The minimum absolute atomic E-state index is 0.246. The third kappa shape index (κ3) is 2.53. The molecule has 0 aliphatic rings. The van der Waals surface area contributed by atoms with Crippen LogP contribution >= 0.6 is 0 Å². The van der Waals surface area contributed by atoms with E-state index in [9.17, 15) is 9.18 Å². The van der Waals surface area contributed by atoms with Crippen molar-refractivity contribution in [2.45, 2.75) is 39.9 Å². The first-order valence-electron chi connectivity index (χ1n) is 5.34. The van der Waals surface area contributed by atoms with Crippen molar-refractivity contribution < 1.29 is 4.39 Å². The maximum absolute atomic E-state index is 13.4. The Kier molecular flexibility index (Phi) is 3.92. The van der Waals surface area contributed by atoms with Crippen LogP contribution in [-0.4, -0.2) is 20.9 Å². The summed E-state index contributed by atoms with van der Waals surface area (Å²) in [6.07, 6.45) is 0.0673. The molecule has 7 heteroatoms. The SMILES string of the molecule is CCCc1nn(NC(F)C(C)C)c(=O)n1N. The Labute approximate surface area is 93.2 Å². The molecule has 1 rings (SSSR count). The molecule has 92 valence electrons.